The Morgan fingerprint density at radius 1 is 1.10 bits per heavy atom. The zero-order chi connectivity index (χ0) is 22.4. The predicted molar refractivity (Wildman–Crippen MR) is 114 cm³/mol. The normalized spacial score (nSPS) is 18.5. The molecule has 0 spiro atoms. The van der Waals surface area contributed by atoms with E-state index in [4.69, 9.17) is 5.21 Å². The molecule has 162 valence electrons. The average molecular weight is 424 g/mol. The molecule has 1 aliphatic rings. The first-order valence-corrected chi connectivity index (χ1v) is 9.83. The third-order valence-electron chi connectivity index (χ3n) is 5.23. The molecule has 1 fully saturated rings. The van der Waals surface area contributed by atoms with E-state index in [1.165, 1.54) is 4.90 Å². The van der Waals surface area contributed by atoms with Gasteiger partial charge in [0.1, 0.15) is 6.04 Å². The summed E-state index contributed by atoms with van der Waals surface area (Å²) in [4.78, 5) is 38.1. The van der Waals surface area contributed by atoms with Crippen molar-refractivity contribution in [1.29, 1.82) is 0 Å². The lowest BCUT2D eigenvalue weighted by molar-refractivity contribution is -0.149. The number of amides is 3. The number of carbonyl (C=O) groups excluding carboxylic acids is 2. The van der Waals surface area contributed by atoms with Gasteiger partial charge in [-0.25, -0.2) is 9.59 Å². The van der Waals surface area contributed by atoms with E-state index >= 15 is 0 Å². The highest BCUT2D eigenvalue weighted by molar-refractivity contribution is 6.00. The molecule has 1 saturated heterocycles. The number of aliphatic carboxylic acids is 1. The van der Waals surface area contributed by atoms with Crippen molar-refractivity contribution < 1.29 is 24.7 Å². The topological polar surface area (TPSA) is 131 Å². The van der Waals surface area contributed by atoms with E-state index in [9.17, 15) is 19.5 Å². The SMILES string of the molecule is C/C(=N\O)c1cccc(NC(=O)NCC(=O)N2C(c3ccccc3)CC[C@H]2C(=O)O)c1. The summed E-state index contributed by atoms with van der Waals surface area (Å²) < 4.78 is 0. The minimum absolute atomic E-state index is 0.338. The average Bonchev–Trinajstić information content (AvgIpc) is 3.23. The fraction of sp³-hybridized carbons (Fsp3) is 0.273. The number of likely N-dealkylation sites (tertiary alicyclic amines) is 1. The molecule has 3 amide bonds. The summed E-state index contributed by atoms with van der Waals surface area (Å²) in [6, 6.07) is 14.1. The predicted octanol–water partition coefficient (Wildman–Crippen LogP) is 2.82. The monoisotopic (exact) mass is 424 g/mol. The van der Waals surface area contributed by atoms with Crippen LogP contribution >= 0.6 is 0 Å². The first-order chi connectivity index (χ1) is 14.9. The van der Waals surface area contributed by atoms with Crippen molar-refractivity contribution in [3.05, 3.63) is 65.7 Å². The molecule has 1 unspecified atom stereocenters. The molecule has 9 heteroatoms. The van der Waals surface area contributed by atoms with E-state index in [0.29, 0.717) is 29.8 Å². The van der Waals surface area contributed by atoms with Crippen molar-refractivity contribution in [2.75, 3.05) is 11.9 Å². The van der Waals surface area contributed by atoms with Crippen LogP contribution in [0.15, 0.2) is 59.8 Å². The Bertz CT molecular complexity index is 992. The molecule has 2 aromatic carbocycles. The number of rotatable bonds is 6. The van der Waals surface area contributed by atoms with Crippen LogP contribution in [-0.4, -0.2) is 51.4 Å². The molecule has 2 aromatic rings. The summed E-state index contributed by atoms with van der Waals surface area (Å²) in [6.45, 7) is 1.28. The highest BCUT2D eigenvalue weighted by Gasteiger charge is 2.41. The number of urea groups is 1. The number of hydrogen-bond donors (Lipinski definition) is 4. The van der Waals surface area contributed by atoms with Gasteiger partial charge in [-0.05, 0) is 37.5 Å². The van der Waals surface area contributed by atoms with Gasteiger partial charge in [-0.1, -0.05) is 47.6 Å². The number of benzene rings is 2. The second kappa shape index (κ2) is 9.75. The number of anilines is 1. The van der Waals surface area contributed by atoms with Crippen LogP contribution < -0.4 is 10.6 Å². The Labute approximate surface area is 179 Å². The van der Waals surface area contributed by atoms with E-state index in [2.05, 4.69) is 15.8 Å². The maximum atomic E-state index is 12.9. The van der Waals surface area contributed by atoms with Gasteiger partial charge in [0.2, 0.25) is 5.91 Å². The highest BCUT2D eigenvalue weighted by Crippen LogP contribution is 2.36. The van der Waals surface area contributed by atoms with Gasteiger partial charge >= 0.3 is 12.0 Å². The second-order valence-corrected chi connectivity index (χ2v) is 7.23. The molecule has 9 nitrogen and oxygen atoms in total. The first kappa shape index (κ1) is 21.8. The Kier molecular flexibility index (Phi) is 6.86. The van der Waals surface area contributed by atoms with E-state index in [1.807, 2.05) is 30.3 Å². The van der Waals surface area contributed by atoms with Crippen LogP contribution in [0.2, 0.25) is 0 Å². The van der Waals surface area contributed by atoms with Crippen LogP contribution in [0.25, 0.3) is 0 Å². The van der Waals surface area contributed by atoms with E-state index in [1.54, 1.807) is 31.2 Å². The van der Waals surface area contributed by atoms with E-state index in [0.717, 1.165) is 5.56 Å². The van der Waals surface area contributed by atoms with Crippen LogP contribution in [0.4, 0.5) is 10.5 Å². The Morgan fingerprint density at radius 3 is 2.52 bits per heavy atom. The van der Waals surface area contributed by atoms with Crippen molar-refractivity contribution in [1.82, 2.24) is 10.2 Å². The van der Waals surface area contributed by atoms with Crippen LogP contribution in [0.5, 0.6) is 0 Å². The van der Waals surface area contributed by atoms with Crippen LogP contribution in [-0.2, 0) is 9.59 Å². The number of oxime groups is 1. The van der Waals surface area contributed by atoms with Gasteiger partial charge in [-0.15, -0.1) is 0 Å². The summed E-state index contributed by atoms with van der Waals surface area (Å²) in [5.41, 5.74) is 2.34. The van der Waals surface area contributed by atoms with Crippen LogP contribution in [0.3, 0.4) is 0 Å². The molecule has 0 radical (unpaired) electrons. The maximum absolute atomic E-state index is 12.9. The number of nitrogens with one attached hydrogen (secondary N) is 2. The fourth-order valence-electron chi connectivity index (χ4n) is 3.71. The molecular weight excluding hydrogens is 400 g/mol. The lowest BCUT2D eigenvalue weighted by Crippen LogP contribution is -2.47. The minimum Gasteiger partial charge on any atom is -0.480 e. The van der Waals surface area contributed by atoms with E-state index < -0.39 is 23.9 Å². The third kappa shape index (κ3) is 5.19. The van der Waals surface area contributed by atoms with Gasteiger partial charge in [0.25, 0.3) is 0 Å². The van der Waals surface area contributed by atoms with Crippen molar-refractivity contribution in [3.63, 3.8) is 0 Å². The lowest BCUT2D eigenvalue weighted by atomic mass is 10.0. The molecule has 0 bridgehead atoms. The second-order valence-electron chi connectivity index (χ2n) is 7.23. The molecular formula is C22H24N4O5. The van der Waals surface area contributed by atoms with Crippen molar-refractivity contribution in [2.45, 2.75) is 31.8 Å². The first-order valence-electron chi connectivity index (χ1n) is 9.83. The number of carbonyl (C=O) groups is 3. The van der Waals surface area contributed by atoms with Crippen LogP contribution in [0.1, 0.15) is 36.9 Å². The van der Waals surface area contributed by atoms with Gasteiger partial charge < -0.3 is 25.8 Å². The number of nitrogens with zero attached hydrogens (tertiary/aromatic N) is 2. The zero-order valence-corrected chi connectivity index (χ0v) is 17.0. The third-order valence-corrected chi connectivity index (χ3v) is 5.23. The number of carboxylic acid groups (broad SMARTS) is 1. The van der Waals surface area contributed by atoms with Crippen LogP contribution in [0, 0.1) is 0 Å². The van der Waals surface area contributed by atoms with Crippen molar-refractivity contribution in [3.8, 4) is 0 Å². The molecule has 1 heterocycles. The summed E-state index contributed by atoms with van der Waals surface area (Å²) in [6.07, 6.45) is 0.892. The van der Waals surface area contributed by atoms with Crippen molar-refractivity contribution in [2.24, 2.45) is 5.16 Å². The van der Waals surface area contributed by atoms with Gasteiger partial charge in [0.15, 0.2) is 0 Å². The Morgan fingerprint density at radius 2 is 1.84 bits per heavy atom. The maximum Gasteiger partial charge on any atom is 0.326 e. The Hall–Kier alpha value is -3.88. The van der Waals surface area contributed by atoms with Gasteiger partial charge in [0.05, 0.1) is 18.3 Å². The standard InChI is InChI=1S/C22H24N4O5/c1-14(25-31)16-8-5-9-17(12-16)24-22(30)23-13-20(27)26-18(10-11-19(26)21(28)29)15-6-3-2-4-7-15/h2-9,12,18-19,31H,10-11,13H2,1H3,(H,28,29)(H2,23,24,30)/b25-14+/t18?,19-/m0/s1. The molecule has 0 saturated carbocycles. The quantitative estimate of drug-likeness (QED) is 0.322. The highest BCUT2D eigenvalue weighted by atomic mass is 16.4. The summed E-state index contributed by atoms with van der Waals surface area (Å²) >= 11 is 0. The van der Waals surface area contributed by atoms with Gasteiger partial charge in [0, 0.05) is 11.3 Å². The molecule has 0 aromatic heterocycles. The largest absolute Gasteiger partial charge is 0.480 e. The van der Waals surface area contributed by atoms with Crippen molar-refractivity contribution >= 4 is 29.3 Å². The number of carboxylic acids is 1. The fourth-order valence-corrected chi connectivity index (χ4v) is 3.71. The minimum atomic E-state index is -1.06. The summed E-state index contributed by atoms with van der Waals surface area (Å²) in [5.74, 6) is -1.53. The molecule has 1 aliphatic heterocycles. The van der Waals surface area contributed by atoms with Gasteiger partial charge in [-0.3, -0.25) is 4.79 Å². The molecule has 4 N–H and O–H groups in total. The number of hydrogen-bond acceptors (Lipinski definition) is 5. The van der Waals surface area contributed by atoms with E-state index in [-0.39, 0.29) is 12.6 Å². The Balaban J connectivity index is 1.65. The molecule has 0 aliphatic carbocycles. The summed E-state index contributed by atoms with van der Waals surface area (Å²) in [5, 5.41) is 26.6. The smallest absolute Gasteiger partial charge is 0.326 e. The summed E-state index contributed by atoms with van der Waals surface area (Å²) in [7, 11) is 0. The molecule has 3 rings (SSSR count). The molecule has 2 atom stereocenters. The van der Waals surface area contributed by atoms with Gasteiger partial charge in [-0.2, -0.15) is 0 Å². The zero-order valence-electron chi connectivity index (χ0n) is 17.0. The lowest BCUT2D eigenvalue weighted by Gasteiger charge is -2.28. The molecule has 31 heavy (non-hydrogen) atoms.